The average Bonchev–Trinajstić information content (AvgIpc) is 2.71. The second-order valence-electron chi connectivity index (χ2n) is 3.88. The standard InChI is InChI=1S/C12H16INO3/c1-10(6-7-13)4-2-3-5-11(15)14-8-9-17-12(14)16/h3,5-7,10H,2,4,8-9H2,1H3/b5-3+,7-6+/t10-/m0/s1. The molecule has 17 heavy (non-hydrogen) atoms. The van der Waals surface area contributed by atoms with Gasteiger partial charge in [0.15, 0.2) is 0 Å². The molecule has 94 valence electrons. The Balaban J connectivity index is 2.29. The second kappa shape index (κ2) is 7.47. The monoisotopic (exact) mass is 349 g/mol. The van der Waals surface area contributed by atoms with Gasteiger partial charge in [-0.15, -0.1) is 0 Å². The number of carbonyl (C=O) groups excluding carboxylic acids is 2. The van der Waals surface area contributed by atoms with Crippen molar-refractivity contribution < 1.29 is 14.3 Å². The van der Waals surface area contributed by atoms with E-state index in [2.05, 4.69) is 40.3 Å². The van der Waals surface area contributed by atoms with Gasteiger partial charge < -0.3 is 4.74 Å². The Bertz CT molecular complexity index is 339. The summed E-state index contributed by atoms with van der Waals surface area (Å²) in [5, 5.41) is 0. The number of carbonyl (C=O) groups is 2. The predicted molar refractivity (Wildman–Crippen MR) is 73.8 cm³/mol. The highest BCUT2D eigenvalue weighted by Gasteiger charge is 2.26. The fourth-order valence-corrected chi connectivity index (χ4v) is 2.16. The van der Waals surface area contributed by atoms with E-state index in [1.54, 1.807) is 0 Å². The van der Waals surface area contributed by atoms with E-state index in [1.807, 2.05) is 10.2 Å². The van der Waals surface area contributed by atoms with Crippen molar-refractivity contribution in [2.45, 2.75) is 19.8 Å². The largest absolute Gasteiger partial charge is 0.447 e. The van der Waals surface area contributed by atoms with Crippen LogP contribution in [-0.2, 0) is 9.53 Å². The van der Waals surface area contributed by atoms with Crippen LogP contribution in [0.1, 0.15) is 19.8 Å². The normalized spacial score (nSPS) is 18.0. The highest BCUT2D eigenvalue weighted by Crippen LogP contribution is 2.09. The molecule has 5 heteroatoms. The number of nitrogens with zero attached hydrogens (tertiary/aromatic N) is 1. The fourth-order valence-electron chi connectivity index (χ4n) is 1.45. The van der Waals surface area contributed by atoms with Gasteiger partial charge in [-0.1, -0.05) is 41.7 Å². The molecule has 0 radical (unpaired) electrons. The van der Waals surface area contributed by atoms with Crippen LogP contribution in [0.25, 0.3) is 0 Å². The first kappa shape index (κ1) is 14.2. The van der Waals surface area contributed by atoms with Gasteiger partial charge in [0, 0.05) is 0 Å². The lowest BCUT2D eigenvalue weighted by molar-refractivity contribution is -0.122. The molecule has 0 aliphatic carbocycles. The van der Waals surface area contributed by atoms with Crippen LogP contribution in [0.5, 0.6) is 0 Å². The average molecular weight is 349 g/mol. The molecule has 0 spiro atoms. The Labute approximate surface area is 115 Å². The maximum absolute atomic E-state index is 11.5. The minimum absolute atomic E-state index is 0.287. The first-order valence-corrected chi connectivity index (χ1v) is 6.81. The summed E-state index contributed by atoms with van der Waals surface area (Å²) in [4.78, 5) is 23.7. The molecule has 4 nitrogen and oxygen atoms in total. The van der Waals surface area contributed by atoms with Crippen molar-refractivity contribution in [3.05, 3.63) is 22.3 Å². The fraction of sp³-hybridized carbons (Fsp3) is 0.500. The molecule has 1 heterocycles. The zero-order valence-electron chi connectivity index (χ0n) is 9.77. The third-order valence-electron chi connectivity index (χ3n) is 2.48. The third kappa shape index (κ3) is 4.89. The lowest BCUT2D eigenvalue weighted by Gasteiger charge is -2.06. The van der Waals surface area contributed by atoms with E-state index in [0.717, 1.165) is 17.7 Å². The zero-order chi connectivity index (χ0) is 12.7. The van der Waals surface area contributed by atoms with Gasteiger partial charge in [-0.2, -0.15) is 0 Å². The molecule has 1 atom stereocenters. The Morgan fingerprint density at radius 2 is 2.41 bits per heavy atom. The summed E-state index contributed by atoms with van der Waals surface area (Å²) in [6.45, 7) is 2.79. The van der Waals surface area contributed by atoms with E-state index in [9.17, 15) is 9.59 Å². The summed E-state index contributed by atoms with van der Waals surface area (Å²) in [6.07, 6.45) is 6.66. The maximum Gasteiger partial charge on any atom is 0.416 e. The number of halogens is 1. The van der Waals surface area contributed by atoms with Gasteiger partial charge in [-0.3, -0.25) is 4.79 Å². The molecule has 0 bridgehead atoms. The van der Waals surface area contributed by atoms with Crippen molar-refractivity contribution in [3.8, 4) is 0 Å². The van der Waals surface area contributed by atoms with Gasteiger partial charge in [0.2, 0.25) is 0 Å². The van der Waals surface area contributed by atoms with Crippen LogP contribution in [0.15, 0.2) is 22.3 Å². The molecule has 0 aromatic rings. The van der Waals surface area contributed by atoms with Crippen molar-refractivity contribution in [1.82, 2.24) is 4.90 Å². The first-order chi connectivity index (χ1) is 8.15. The molecule has 0 unspecified atom stereocenters. The Kier molecular flexibility index (Phi) is 6.25. The molecular formula is C12H16INO3. The molecule has 1 fully saturated rings. The van der Waals surface area contributed by atoms with Crippen LogP contribution in [0.2, 0.25) is 0 Å². The number of rotatable bonds is 5. The zero-order valence-corrected chi connectivity index (χ0v) is 11.9. The Morgan fingerprint density at radius 3 is 3.00 bits per heavy atom. The second-order valence-corrected chi connectivity index (χ2v) is 4.60. The highest BCUT2D eigenvalue weighted by atomic mass is 127. The minimum Gasteiger partial charge on any atom is -0.447 e. The summed E-state index contributed by atoms with van der Waals surface area (Å²) < 4.78 is 6.68. The van der Waals surface area contributed by atoms with Crippen molar-refractivity contribution >= 4 is 34.6 Å². The lowest BCUT2D eigenvalue weighted by Crippen LogP contribution is -2.29. The number of imide groups is 1. The summed E-state index contributed by atoms with van der Waals surface area (Å²) in [5.41, 5.74) is 0. The van der Waals surface area contributed by atoms with Crippen LogP contribution < -0.4 is 0 Å². The minimum atomic E-state index is -0.541. The SMILES string of the molecule is C[C@H](/C=C/I)CC/C=C/C(=O)N1CCOC1=O. The van der Waals surface area contributed by atoms with E-state index >= 15 is 0 Å². The van der Waals surface area contributed by atoms with Gasteiger partial charge in [-0.25, -0.2) is 9.69 Å². The number of hydrogen-bond donors (Lipinski definition) is 0. The molecule has 1 aliphatic heterocycles. The maximum atomic E-state index is 11.5. The van der Waals surface area contributed by atoms with Gasteiger partial charge in [0.25, 0.3) is 5.91 Å². The van der Waals surface area contributed by atoms with E-state index in [-0.39, 0.29) is 5.91 Å². The van der Waals surface area contributed by atoms with Crippen molar-refractivity contribution in [2.24, 2.45) is 5.92 Å². The number of cyclic esters (lactones) is 1. The van der Waals surface area contributed by atoms with Gasteiger partial charge >= 0.3 is 6.09 Å². The van der Waals surface area contributed by atoms with Crippen LogP contribution in [0, 0.1) is 5.92 Å². The Morgan fingerprint density at radius 1 is 1.65 bits per heavy atom. The number of hydrogen-bond acceptors (Lipinski definition) is 3. The molecule has 2 amide bonds. The molecule has 0 N–H and O–H groups in total. The van der Waals surface area contributed by atoms with Gasteiger partial charge in [0.05, 0.1) is 6.54 Å². The van der Waals surface area contributed by atoms with E-state index in [4.69, 9.17) is 0 Å². The van der Waals surface area contributed by atoms with Crippen molar-refractivity contribution in [3.63, 3.8) is 0 Å². The summed E-state index contributed by atoms with van der Waals surface area (Å²) in [7, 11) is 0. The van der Waals surface area contributed by atoms with Crippen LogP contribution >= 0.6 is 22.6 Å². The van der Waals surface area contributed by atoms with E-state index < -0.39 is 6.09 Å². The molecule has 1 saturated heterocycles. The third-order valence-corrected chi connectivity index (χ3v) is 2.89. The van der Waals surface area contributed by atoms with Crippen LogP contribution in [-0.4, -0.2) is 30.1 Å². The topological polar surface area (TPSA) is 46.6 Å². The summed E-state index contributed by atoms with van der Waals surface area (Å²) in [5.74, 6) is 0.216. The molecule has 1 aliphatic rings. The first-order valence-electron chi connectivity index (χ1n) is 5.57. The summed E-state index contributed by atoms with van der Waals surface area (Å²) in [6, 6.07) is 0. The number of allylic oxidation sites excluding steroid dienone is 2. The molecule has 0 saturated carbocycles. The van der Waals surface area contributed by atoms with Gasteiger partial charge in [-0.05, 0) is 28.9 Å². The molecule has 0 aromatic carbocycles. The molecule has 1 rings (SSSR count). The van der Waals surface area contributed by atoms with Crippen molar-refractivity contribution in [1.29, 1.82) is 0 Å². The number of amides is 2. The number of ether oxygens (including phenoxy) is 1. The Hall–Kier alpha value is -0.850. The molecular weight excluding hydrogens is 333 g/mol. The van der Waals surface area contributed by atoms with Crippen LogP contribution in [0.4, 0.5) is 4.79 Å². The predicted octanol–water partition coefficient (Wildman–Crippen LogP) is 2.89. The van der Waals surface area contributed by atoms with Gasteiger partial charge in [0.1, 0.15) is 6.61 Å². The quantitative estimate of drug-likeness (QED) is 0.566. The summed E-state index contributed by atoms with van der Waals surface area (Å²) >= 11 is 2.19. The lowest BCUT2D eigenvalue weighted by atomic mass is 10.1. The highest BCUT2D eigenvalue weighted by molar-refractivity contribution is 14.1. The molecule has 0 aromatic heterocycles. The van der Waals surface area contributed by atoms with Crippen LogP contribution in [0.3, 0.4) is 0 Å². The van der Waals surface area contributed by atoms with Crippen molar-refractivity contribution in [2.75, 3.05) is 13.2 Å². The van der Waals surface area contributed by atoms with E-state index in [1.165, 1.54) is 6.08 Å². The van der Waals surface area contributed by atoms with E-state index in [0.29, 0.717) is 19.1 Å². The smallest absolute Gasteiger partial charge is 0.416 e.